The summed E-state index contributed by atoms with van der Waals surface area (Å²) in [5.41, 5.74) is 1.81. The van der Waals surface area contributed by atoms with Crippen LogP contribution in [0.3, 0.4) is 0 Å². The maximum absolute atomic E-state index is 12.8. The molecular weight excluding hydrogens is 436 g/mol. The Morgan fingerprint density at radius 3 is 2.31 bits per heavy atom. The van der Waals surface area contributed by atoms with Crippen LogP contribution in [0.4, 0.5) is 11.4 Å². The first-order valence-corrected chi connectivity index (χ1v) is 10.5. The fourth-order valence-electron chi connectivity index (χ4n) is 5.03. The van der Waals surface area contributed by atoms with Crippen LogP contribution in [0, 0.1) is 23.7 Å². The van der Waals surface area contributed by atoms with Crippen molar-refractivity contribution in [2.75, 3.05) is 10.6 Å². The van der Waals surface area contributed by atoms with E-state index in [4.69, 9.17) is 4.74 Å². The second-order valence-corrected chi connectivity index (χ2v) is 8.87. The van der Waals surface area contributed by atoms with Crippen LogP contribution in [-0.4, -0.2) is 23.9 Å². The Kier molecular flexibility index (Phi) is 4.42. The monoisotopic (exact) mass is 454 g/mol. The predicted molar refractivity (Wildman–Crippen MR) is 110 cm³/mol. The zero-order chi connectivity index (χ0) is 20.1. The van der Waals surface area contributed by atoms with Crippen LogP contribution in [0.2, 0.25) is 0 Å². The predicted octanol–water partition coefficient (Wildman–Crippen LogP) is 3.84. The van der Waals surface area contributed by atoms with Crippen LogP contribution < -0.4 is 10.6 Å². The summed E-state index contributed by atoms with van der Waals surface area (Å²) in [6.07, 6.45) is 1.71. The van der Waals surface area contributed by atoms with Crippen molar-refractivity contribution in [3.63, 3.8) is 0 Å². The van der Waals surface area contributed by atoms with Gasteiger partial charge in [0.1, 0.15) is 6.10 Å². The zero-order valence-electron chi connectivity index (χ0n) is 15.4. The Hall–Kier alpha value is -2.67. The van der Waals surface area contributed by atoms with Gasteiger partial charge in [-0.05, 0) is 67.3 Å². The van der Waals surface area contributed by atoms with Gasteiger partial charge in [0.25, 0.3) is 5.91 Å². The highest BCUT2D eigenvalue weighted by molar-refractivity contribution is 9.10. The smallest absolute Gasteiger partial charge is 0.310 e. The minimum Gasteiger partial charge on any atom is -0.462 e. The maximum Gasteiger partial charge on any atom is 0.310 e. The highest BCUT2D eigenvalue weighted by Crippen LogP contribution is 2.57. The number of esters is 1. The van der Waals surface area contributed by atoms with Gasteiger partial charge in [-0.15, -0.1) is 0 Å². The summed E-state index contributed by atoms with van der Waals surface area (Å²) in [5.74, 6) is -0.767. The van der Waals surface area contributed by atoms with Gasteiger partial charge in [-0.25, -0.2) is 0 Å². The number of carbonyl (C=O) groups excluding carboxylic acids is 3. The standard InChI is InChI=1S/C22H19BrN2O4/c23-13-3-7-15(8-4-13)24-20(26)11-1-5-14(6-2-11)25-21(27)18-12-9-16-17(10-12)29-22(28)19(16)18/h1-8,12,16-19H,9-10H2,(H,24,26)(H,25,27)/t12-,16+,17-,18-,19+/m1/s1. The number of halogens is 1. The molecule has 2 aromatic rings. The van der Waals surface area contributed by atoms with E-state index >= 15 is 0 Å². The summed E-state index contributed by atoms with van der Waals surface area (Å²) in [6.45, 7) is 0. The SMILES string of the molecule is O=C(Nc1ccc(Br)cc1)c1ccc(NC(=O)[C@@H]2[C@@H]3C[C@@H]4[C@@H]2C(=O)O[C@@H]4C3)cc1. The van der Waals surface area contributed by atoms with Gasteiger partial charge in [-0.3, -0.25) is 14.4 Å². The molecule has 1 saturated heterocycles. The number of nitrogens with one attached hydrogen (secondary N) is 2. The van der Waals surface area contributed by atoms with E-state index in [1.165, 1.54) is 0 Å². The first-order chi connectivity index (χ1) is 14.0. The number of amides is 2. The molecule has 5 rings (SSSR count). The van der Waals surface area contributed by atoms with E-state index in [1.54, 1.807) is 24.3 Å². The number of hydrogen-bond donors (Lipinski definition) is 2. The molecule has 2 aromatic carbocycles. The Balaban J connectivity index is 1.24. The van der Waals surface area contributed by atoms with Gasteiger partial charge >= 0.3 is 5.97 Å². The normalized spacial score (nSPS) is 28.9. The second kappa shape index (κ2) is 6.99. The lowest BCUT2D eigenvalue weighted by Gasteiger charge is -2.23. The topological polar surface area (TPSA) is 84.5 Å². The van der Waals surface area contributed by atoms with E-state index < -0.39 is 0 Å². The van der Waals surface area contributed by atoms with Gasteiger partial charge in [-0.2, -0.15) is 0 Å². The third kappa shape index (κ3) is 3.23. The van der Waals surface area contributed by atoms with E-state index in [-0.39, 0.29) is 47.6 Å². The average molecular weight is 455 g/mol. The number of ether oxygens (including phenoxy) is 1. The largest absolute Gasteiger partial charge is 0.462 e. The molecule has 3 aliphatic rings. The summed E-state index contributed by atoms with van der Waals surface area (Å²) in [6, 6.07) is 14.1. The van der Waals surface area contributed by atoms with E-state index in [9.17, 15) is 14.4 Å². The molecule has 148 valence electrons. The van der Waals surface area contributed by atoms with Crippen molar-refractivity contribution in [3.8, 4) is 0 Å². The summed E-state index contributed by atoms with van der Waals surface area (Å²) >= 11 is 3.36. The second-order valence-electron chi connectivity index (χ2n) is 7.95. The van der Waals surface area contributed by atoms with Crippen molar-refractivity contribution in [2.45, 2.75) is 18.9 Å². The molecule has 2 N–H and O–H groups in total. The Bertz CT molecular complexity index is 987. The molecule has 0 aromatic heterocycles. The van der Waals surface area contributed by atoms with Crippen molar-refractivity contribution in [3.05, 3.63) is 58.6 Å². The lowest BCUT2D eigenvalue weighted by molar-refractivity contribution is -0.145. The number of benzene rings is 2. The average Bonchev–Trinajstić information content (AvgIpc) is 3.33. The van der Waals surface area contributed by atoms with E-state index in [0.29, 0.717) is 16.9 Å². The van der Waals surface area contributed by atoms with Crippen LogP contribution in [0.15, 0.2) is 53.0 Å². The summed E-state index contributed by atoms with van der Waals surface area (Å²) in [5, 5.41) is 5.74. The number of fused-ring (bicyclic) bond motifs is 1. The minimum atomic E-state index is -0.313. The Morgan fingerprint density at radius 1 is 0.931 bits per heavy atom. The lowest BCUT2D eigenvalue weighted by atomic mass is 9.79. The molecule has 7 heteroatoms. The number of carbonyl (C=O) groups is 3. The van der Waals surface area contributed by atoms with Crippen molar-refractivity contribution < 1.29 is 19.1 Å². The molecule has 0 spiro atoms. The van der Waals surface area contributed by atoms with Gasteiger partial charge < -0.3 is 15.4 Å². The van der Waals surface area contributed by atoms with Crippen LogP contribution in [0.5, 0.6) is 0 Å². The quantitative estimate of drug-likeness (QED) is 0.687. The summed E-state index contributed by atoms with van der Waals surface area (Å²) < 4.78 is 6.34. The molecule has 2 bridgehead atoms. The van der Waals surface area contributed by atoms with Crippen LogP contribution in [0.1, 0.15) is 23.2 Å². The van der Waals surface area contributed by atoms with Crippen LogP contribution in [-0.2, 0) is 14.3 Å². The third-order valence-corrected chi connectivity index (χ3v) is 6.83. The van der Waals surface area contributed by atoms with Gasteiger partial charge in [0, 0.05) is 27.3 Å². The number of rotatable bonds is 4. The maximum atomic E-state index is 12.8. The molecule has 2 aliphatic carbocycles. The molecule has 2 amide bonds. The van der Waals surface area contributed by atoms with E-state index in [1.807, 2.05) is 24.3 Å². The van der Waals surface area contributed by atoms with Crippen molar-refractivity contribution in [2.24, 2.45) is 23.7 Å². The van der Waals surface area contributed by atoms with Crippen molar-refractivity contribution >= 4 is 45.1 Å². The van der Waals surface area contributed by atoms with E-state index in [0.717, 1.165) is 17.3 Å². The molecule has 0 radical (unpaired) electrons. The van der Waals surface area contributed by atoms with Crippen LogP contribution in [0.25, 0.3) is 0 Å². The fourth-order valence-corrected chi connectivity index (χ4v) is 5.29. The van der Waals surface area contributed by atoms with Crippen molar-refractivity contribution in [1.82, 2.24) is 0 Å². The van der Waals surface area contributed by atoms with Crippen LogP contribution >= 0.6 is 15.9 Å². The molecular formula is C22H19BrN2O4. The highest BCUT2D eigenvalue weighted by Gasteiger charge is 2.63. The molecule has 29 heavy (non-hydrogen) atoms. The minimum absolute atomic E-state index is 0.0186. The first-order valence-electron chi connectivity index (χ1n) is 9.68. The zero-order valence-corrected chi connectivity index (χ0v) is 17.0. The molecule has 6 nitrogen and oxygen atoms in total. The molecule has 2 saturated carbocycles. The molecule has 0 unspecified atom stereocenters. The molecule has 1 heterocycles. The Morgan fingerprint density at radius 2 is 1.59 bits per heavy atom. The van der Waals surface area contributed by atoms with E-state index in [2.05, 4.69) is 26.6 Å². The highest BCUT2D eigenvalue weighted by atomic mass is 79.9. The van der Waals surface area contributed by atoms with Gasteiger partial charge in [-0.1, -0.05) is 15.9 Å². The van der Waals surface area contributed by atoms with Gasteiger partial charge in [0.2, 0.25) is 5.91 Å². The Labute approximate surface area is 176 Å². The molecule has 1 aliphatic heterocycles. The molecule has 3 fully saturated rings. The molecule has 5 atom stereocenters. The number of anilines is 2. The van der Waals surface area contributed by atoms with Gasteiger partial charge in [0.05, 0.1) is 11.8 Å². The summed E-state index contributed by atoms with van der Waals surface area (Å²) in [7, 11) is 0. The fraction of sp³-hybridized carbons (Fsp3) is 0.318. The first kappa shape index (κ1) is 18.4. The van der Waals surface area contributed by atoms with Gasteiger partial charge in [0.15, 0.2) is 0 Å². The summed E-state index contributed by atoms with van der Waals surface area (Å²) in [4.78, 5) is 37.3. The lowest BCUT2D eigenvalue weighted by Crippen LogP contribution is -2.35. The third-order valence-electron chi connectivity index (χ3n) is 6.30. The number of hydrogen-bond acceptors (Lipinski definition) is 4. The van der Waals surface area contributed by atoms with Crippen molar-refractivity contribution in [1.29, 1.82) is 0 Å².